The summed E-state index contributed by atoms with van der Waals surface area (Å²) in [6.07, 6.45) is 2.37. The zero-order valence-electron chi connectivity index (χ0n) is 19.0. The van der Waals surface area contributed by atoms with Crippen LogP contribution in [0.4, 0.5) is 15.0 Å². The highest BCUT2D eigenvalue weighted by atomic mass is 19.1. The Kier molecular flexibility index (Phi) is 7.04. The first-order valence-corrected chi connectivity index (χ1v) is 11.2. The summed E-state index contributed by atoms with van der Waals surface area (Å²) in [6, 6.07) is 8.09. The summed E-state index contributed by atoms with van der Waals surface area (Å²) in [4.78, 5) is 49.6. The minimum Gasteiger partial charge on any atom is -0.465 e. The molecule has 1 aliphatic heterocycles. The fraction of sp³-hybridized carbons (Fsp3) is 0.292. The summed E-state index contributed by atoms with van der Waals surface area (Å²) in [5.41, 5.74) is 1.23. The van der Waals surface area contributed by atoms with Crippen LogP contribution in [0.3, 0.4) is 0 Å². The van der Waals surface area contributed by atoms with Gasteiger partial charge >= 0.3 is 12.1 Å². The Bertz CT molecular complexity index is 1240. The van der Waals surface area contributed by atoms with Crippen LogP contribution in [0.1, 0.15) is 58.9 Å². The van der Waals surface area contributed by atoms with E-state index in [0.29, 0.717) is 30.0 Å². The average Bonchev–Trinajstić information content (AvgIpc) is 3.30. The number of likely N-dealkylation sites (tertiary alicyclic amines) is 1. The predicted octanol–water partition coefficient (Wildman–Crippen LogP) is 4.24. The number of hydrogen-bond donors (Lipinski definition) is 3. The van der Waals surface area contributed by atoms with Gasteiger partial charge in [-0.15, -0.1) is 0 Å². The zero-order valence-corrected chi connectivity index (χ0v) is 19.0. The van der Waals surface area contributed by atoms with Crippen molar-refractivity contribution in [2.75, 3.05) is 18.5 Å². The maximum absolute atomic E-state index is 13.3. The monoisotopic (exact) mass is 481 g/mol. The van der Waals surface area contributed by atoms with Crippen molar-refractivity contribution < 1.29 is 28.6 Å². The topological polar surface area (TPSA) is 138 Å². The van der Waals surface area contributed by atoms with Gasteiger partial charge in [-0.2, -0.15) is 0 Å². The normalized spacial score (nSPS) is 15.5. The Labute approximate surface area is 200 Å². The van der Waals surface area contributed by atoms with Gasteiger partial charge in [-0.1, -0.05) is 12.1 Å². The van der Waals surface area contributed by atoms with Crippen molar-refractivity contribution in [3.8, 4) is 11.3 Å². The summed E-state index contributed by atoms with van der Waals surface area (Å²) >= 11 is 0. The van der Waals surface area contributed by atoms with Crippen molar-refractivity contribution in [2.24, 2.45) is 0 Å². The average molecular weight is 481 g/mol. The summed E-state index contributed by atoms with van der Waals surface area (Å²) in [5.74, 6) is -1.17. The van der Waals surface area contributed by atoms with Crippen LogP contribution in [0.5, 0.6) is 0 Å². The number of H-pyrrole nitrogens is 1. The first kappa shape index (κ1) is 23.9. The molecule has 0 aliphatic carbocycles. The zero-order chi connectivity index (χ0) is 24.9. The Morgan fingerprint density at radius 1 is 1.23 bits per heavy atom. The highest BCUT2D eigenvalue weighted by molar-refractivity contribution is 6.04. The number of piperidine rings is 1. The number of aromatic amines is 1. The second kappa shape index (κ2) is 10.3. The number of nitrogens with one attached hydrogen (secondary N) is 2. The van der Waals surface area contributed by atoms with Crippen molar-refractivity contribution in [3.05, 3.63) is 65.5 Å². The Hall–Kier alpha value is -4.28. The number of carbonyl (C=O) groups excluding carboxylic acids is 2. The third-order valence-electron chi connectivity index (χ3n) is 5.65. The van der Waals surface area contributed by atoms with Crippen LogP contribution in [-0.2, 0) is 4.74 Å². The molecule has 0 saturated carbocycles. The summed E-state index contributed by atoms with van der Waals surface area (Å²) in [6.45, 7) is 2.22. The molecule has 1 aromatic carbocycles. The second-order valence-corrected chi connectivity index (χ2v) is 7.94. The Balaban J connectivity index is 1.63. The molecule has 2 amide bonds. The van der Waals surface area contributed by atoms with Gasteiger partial charge in [0.05, 0.1) is 12.6 Å². The third-order valence-corrected chi connectivity index (χ3v) is 5.65. The second-order valence-electron chi connectivity index (χ2n) is 7.94. The minimum atomic E-state index is -1.05. The molecule has 1 aliphatic rings. The Morgan fingerprint density at radius 2 is 2.00 bits per heavy atom. The number of carbonyl (C=O) groups is 3. The summed E-state index contributed by atoms with van der Waals surface area (Å²) in [7, 11) is 0. The van der Waals surface area contributed by atoms with Gasteiger partial charge in [0.25, 0.3) is 5.91 Å². The van der Waals surface area contributed by atoms with E-state index in [1.807, 2.05) is 0 Å². The number of aromatic nitrogens is 3. The fourth-order valence-electron chi connectivity index (χ4n) is 4.00. The molecular weight excluding hydrogens is 457 g/mol. The van der Waals surface area contributed by atoms with Gasteiger partial charge in [0.1, 0.15) is 23.2 Å². The SMILES string of the molecule is CCOC(=O)c1[nH]c(C2CCCCN2C(=O)O)nc1-c1ccc(C(=O)Nc2cc(F)ccn2)cc1. The maximum Gasteiger partial charge on any atom is 0.407 e. The molecule has 1 unspecified atom stereocenters. The van der Waals surface area contributed by atoms with E-state index in [-0.39, 0.29) is 23.7 Å². The first-order chi connectivity index (χ1) is 16.9. The molecule has 1 fully saturated rings. The number of carboxylic acid groups (broad SMARTS) is 1. The molecule has 2 aromatic heterocycles. The number of amides is 2. The third kappa shape index (κ3) is 5.29. The van der Waals surface area contributed by atoms with Gasteiger partial charge in [-0.3, -0.25) is 9.69 Å². The van der Waals surface area contributed by atoms with Crippen LogP contribution in [0.15, 0.2) is 42.6 Å². The van der Waals surface area contributed by atoms with Crippen LogP contribution >= 0.6 is 0 Å². The van der Waals surface area contributed by atoms with Gasteiger partial charge in [0.2, 0.25) is 0 Å². The van der Waals surface area contributed by atoms with E-state index in [0.717, 1.165) is 18.9 Å². The largest absolute Gasteiger partial charge is 0.465 e. The molecule has 3 N–H and O–H groups in total. The van der Waals surface area contributed by atoms with Gasteiger partial charge in [-0.05, 0) is 44.4 Å². The van der Waals surface area contributed by atoms with E-state index in [1.54, 1.807) is 19.1 Å². The number of esters is 1. The van der Waals surface area contributed by atoms with Crippen molar-refractivity contribution in [3.63, 3.8) is 0 Å². The fourth-order valence-corrected chi connectivity index (χ4v) is 4.00. The minimum absolute atomic E-state index is 0.0797. The van der Waals surface area contributed by atoms with Crippen LogP contribution in [0, 0.1) is 5.82 Å². The standard InChI is InChI=1S/C24H24FN5O5/c1-2-35-23(32)20-19(28-21(29-20)17-5-3-4-12-30(17)24(33)34)14-6-8-15(9-7-14)22(31)27-18-13-16(25)10-11-26-18/h6-11,13,17H,2-5,12H2,1H3,(H,28,29)(H,33,34)(H,26,27,31). The molecule has 0 spiro atoms. The number of halogens is 1. The van der Waals surface area contributed by atoms with Gasteiger partial charge in [0, 0.05) is 29.9 Å². The van der Waals surface area contributed by atoms with E-state index in [1.165, 1.54) is 29.3 Å². The molecule has 11 heteroatoms. The predicted molar refractivity (Wildman–Crippen MR) is 123 cm³/mol. The number of imidazole rings is 1. The number of nitrogens with zero attached hydrogens (tertiary/aromatic N) is 3. The van der Waals surface area contributed by atoms with Crippen LogP contribution in [0.25, 0.3) is 11.3 Å². The lowest BCUT2D eigenvalue weighted by molar-refractivity contribution is 0.0520. The molecule has 35 heavy (non-hydrogen) atoms. The first-order valence-electron chi connectivity index (χ1n) is 11.2. The summed E-state index contributed by atoms with van der Waals surface area (Å²) in [5, 5.41) is 12.1. The van der Waals surface area contributed by atoms with Crippen LogP contribution in [-0.4, -0.2) is 56.1 Å². The van der Waals surface area contributed by atoms with E-state index in [9.17, 15) is 23.9 Å². The maximum atomic E-state index is 13.3. The number of anilines is 1. The van der Waals surface area contributed by atoms with Gasteiger partial charge in [0.15, 0.2) is 5.69 Å². The Morgan fingerprint density at radius 3 is 2.69 bits per heavy atom. The highest BCUT2D eigenvalue weighted by Crippen LogP contribution is 2.32. The molecular formula is C24H24FN5O5. The lowest BCUT2D eigenvalue weighted by atomic mass is 10.0. The van der Waals surface area contributed by atoms with E-state index >= 15 is 0 Å². The highest BCUT2D eigenvalue weighted by Gasteiger charge is 2.32. The van der Waals surface area contributed by atoms with Gasteiger partial charge < -0.3 is 20.1 Å². The molecule has 3 heterocycles. The molecule has 182 valence electrons. The van der Waals surface area contributed by atoms with E-state index in [2.05, 4.69) is 20.3 Å². The number of pyridine rings is 1. The van der Waals surface area contributed by atoms with Crippen molar-refractivity contribution in [1.82, 2.24) is 19.9 Å². The quantitative estimate of drug-likeness (QED) is 0.448. The smallest absolute Gasteiger partial charge is 0.407 e. The van der Waals surface area contributed by atoms with E-state index in [4.69, 9.17) is 4.74 Å². The number of rotatable bonds is 6. The molecule has 1 saturated heterocycles. The van der Waals surface area contributed by atoms with Crippen LogP contribution < -0.4 is 5.32 Å². The molecule has 0 bridgehead atoms. The lowest BCUT2D eigenvalue weighted by Crippen LogP contribution is -2.38. The van der Waals surface area contributed by atoms with Crippen molar-refractivity contribution in [1.29, 1.82) is 0 Å². The molecule has 4 rings (SSSR count). The van der Waals surface area contributed by atoms with Gasteiger partial charge in [-0.25, -0.2) is 23.9 Å². The van der Waals surface area contributed by atoms with Crippen molar-refractivity contribution in [2.45, 2.75) is 32.2 Å². The molecule has 0 radical (unpaired) electrons. The molecule has 1 atom stereocenters. The number of hydrogen-bond acceptors (Lipinski definition) is 6. The van der Waals surface area contributed by atoms with Crippen LogP contribution in [0.2, 0.25) is 0 Å². The number of benzene rings is 1. The molecule has 3 aromatic rings. The number of ether oxygens (including phenoxy) is 1. The van der Waals surface area contributed by atoms with E-state index < -0.39 is 29.8 Å². The lowest BCUT2D eigenvalue weighted by Gasteiger charge is -2.32. The van der Waals surface area contributed by atoms with Crippen molar-refractivity contribution >= 4 is 23.8 Å². The summed E-state index contributed by atoms with van der Waals surface area (Å²) < 4.78 is 18.5. The molecule has 10 nitrogen and oxygen atoms in total.